The van der Waals surface area contributed by atoms with Crippen molar-refractivity contribution < 1.29 is 13.2 Å². The third-order valence-corrected chi connectivity index (χ3v) is 6.46. The van der Waals surface area contributed by atoms with Gasteiger partial charge in [-0.25, -0.2) is 22.7 Å². The van der Waals surface area contributed by atoms with Crippen LogP contribution in [0.4, 0.5) is 13.2 Å². The van der Waals surface area contributed by atoms with Gasteiger partial charge in [-0.15, -0.1) is 0 Å². The number of benzene rings is 1. The molecular weight excluding hydrogens is 405 g/mol. The highest BCUT2D eigenvalue weighted by Crippen LogP contribution is 2.38. The lowest BCUT2D eigenvalue weighted by atomic mass is 9.82. The monoisotopic (exact) mass is 428 g/mol. The minimum Gasteiger partial charge on any atom is -0.384 e. The van der Waals surface area contributed by atoms with Crippen LogP contribution in [0.1, 0.15) is 43.7 Å². The predicted molar refractivity (Wildman–Crippen MR) is 113 cm³/mol. The van der Waals surface area contributed by atoms with Gasteiger partial charge >= 0.3 is 0 Å². The molecule has 1 aliphatic carbocycles. The van der Waals surface area contributed by atoms with Gasteiger partial charge < -0.3 is 10.6 Å². The molecule has 0 bridgehead atoms. The van der Waals surface area contributed by atoms with E-state index in [1.165, 1.54) is 12.1 Å². The summed E-state index contributed by atoms with van der Waals surface area (Å²) in [5, 5.41) is 10.9. The second kappa shape index (κ2) is 6.63. The molecule has 162 valence electrons. The van der Waals surface area contributed by atoms with Crippen LogP contribution >= 0.6 is 0 Å². The molecule has 9 heteroatoms. The maximum absolute atomic E-state index is 14.0. The molecule has 0 unspecified atom stereocenters. The molecule has 2 aromatic heterocycles. The summed E-state index contributed by atoms with van der Waals surface area (Å²) < 4.78 is 42.7. The zero-order valence-electron chi connectivity index (χ0n) is 17.0. The highest BCUT2D eigenvalue weighted by atomic mass is 19.3. The maximum atomic E-state index is 14.0. The molecule has 0 amide bonds. The van der Waals surface area contributed by atoms with Gasteiger partial charge in [-0.1, -0.05) is 12.2 Å². The predicted octanol–water partition coefficient (Wildman–Crippen LogP) is 4.42. The summed E-state index contributed by atoms with van der Waals surface area (Å²) in [6.45, 7) is 2.03. The first-order valence-corrected chi connectivity index (χ1v) is 10.2. The molecule has 3 aromatic rings. The van der Waals surface area contributed by atoms with E-state index in [0.717, 1.165) is 5.56 Å². The average Bonchev–Trinajstić information content (AvgIpc) is 3.27. The molecule has 3 heterocycles. The number of amidine groups is 1. The normalized spacial score (nSPS) is 20.7. The molecule has 1 saturated carbocycles. The topological polar surface area (TPSA) is 86.2 Å². The van der Waals surface area contributed by atoms with Gasteiger partial charge in [0.25, 0.3) is 0 Å². The Hall–Kier alpha value is -3.23. The van der Waals surface area contributed by atoms with Gasteiger partial charge in [-0.3, -0.25) is 10.5 Å². The summed E-state index contributed by atoms with van der Waals surface area (Å²) in [7, 11) is 0. The molecule has 1 fully saturated rings. The number of allylic oxidation sites excluding steroid dienone is 2. The van der Waals surface area contributed by atoms with Crippen LogP contribution in [-0.4, -0.2) is 37.3 Å². The van der Waals surface area contributed by atoms with Gasteiger partial charge in [0.2, 0.25) is 5.92 Å². The number of nitrogen functional groups attached to an aromatic ring is 1. The average molecular weight is 428 g/mol. The van der Waals surface area contributed by atoms with Crippen molar-refractivity contribution in [2.24, 2.45) is 5.73 Å². The van der Waals surface area contributed by atoms with E-state index in [0.29, 0.717) is 29.5 Å². The molecule has 0 spiro atoms. The van der Waals surface area contributed by atoms with Gasteiger partial charge in [0.05, 0.1) is 5.52 Å². The fraction of sp³-hybridized carbons (Fsp3) is 0.364. The lowest BCUT2D eigenvalue weighted by Crippen LogP contribution is -2.37. The number of nitrogens with two attached hydrogens (primary N) is 1. The lowest BCUT2D eigenvalue weighted by molar-refractivity contribution is -0.0464. The fourth-order valence-electron chi connectivity index (χ4n) is 4.61. The van der Waals surface area contributed by atoms with E-state index in [-0.39, 0.29) is 30.3 Å². The molecule has 1 aliphatic heterocycles. The number of nitrogens with zero attached hydrogens (tertiary/aromatic N) is 3. The van der Waals surface area contributed by atoms with E-state index in [4.69, 9.17) is 11.1 Å². The third-order valence-electron chi connectivity index (χ3n) is 6.46. The Labute approximate surface area is 176 Å². The maximum Gasteiger partial charge on any atom is 0.248 e. The number of alkyl halides is 2. The number of rotatable bonds is 3. The minimum atomic E-state index is -2.55. The number of imidazole rings is 1. The van der Waals surface area contributed by atoms with E-state index in [1.807, 2.05) is 42.6 Å². The molecule has 1 aromatic carbocycles. The zero-order chi connectivity index (χ0) is 22.0. The number of hydrogen-bond donors (Lipinski definition) is 3. The molecule has 4 N–H and O–H groups in total. The number of aromatic nitrogens is 3. The highest BCUT2D eigenvalue weighted by Gasteiger charge is 2.37. The van der Waals surface area contributed by atoms with Crippen molar-refractivity contribution in [2.75, 3.05) is 0 Å². The van der Waals surface area contributed by atoms with Gasteiger partial charge in [0.15, 0.2) is 5.65 Å². The summed E-state index contributed by atoms with van der Waals surface area (Å²) in [5.74, 6) is -3.29. The first-order valence-electron chi connectivity index (χ1n) is 10.2. The summed E-state index contributed by atoms with van der Waals surface area (Å²) in [5.41, 5.74) is 7.90. The van der Waals surface area contributed by atoms with Crippen molar-refractivity contribution in [3.8, 4) is 0 Å². The number of halogens is 3. The van der Waals surface area contributed by atoms with E-state index in [1.54, 1.807) is 4.52 Å². The Morgan fingerprint density at radius 2 is 1.90 bits per heavy atom. The van der Waals surface area contributed by atoms with Crippen LogP contribution in [0, 0.1) is 11.2 Å². The standard InChI is InChI=1S/C22H23F3N6/c1-21(6-8-30(9-7-21)14-2-4-22(24,25)5-3-14)16-12-28-31-18-15(19(26)27)10-13(23)11-17(18)29-20(16)31/h6-12,14,28H,2-5H2,1H3,(H3,26,27). The smallest absolute Gasteiger partial charge is 0.248 e. The summed E-state index contributed by atoms with van der Waals surface area (Å²) in [6.07, 6.45) is 10.5. The first-order chi connectivity index (χ1) is 14.7. The van der Waals surface area contributed by atoms with Gasteiger partial charge in [-0.2, -0.15) is 0 Å². The van der Waals surface area contributed by atoms with E-state index >= 15 is 0 Å². The van der Waals surface area contributed by atoms with E-state index < -0.39 is 17.2 Å². The van der Waals surface area contributed by atoms with Crippen LogP contribution in [0.2, 0.25) is 0 Å². The van der Waals surface area contributed by atoms with Crippen molar-refractivity contribution in [1.29, 1.82) is 5.41 Å². The Morgan fingerprint density at radius 3 is 2.55 bits per heavy atom. The Kier molecular flexibility index (Phi) is 4.22. The molecule has 2 aliphatic rings. The van der Waals surface area contributed by atoms with E-state index in [2.05, 4.69) is 10.1 Å². The fourth-order valence-corrected chi connectivity index (χ4v) is 4.61. The van der Waals surface area contributed by atoms with Crippen LogP contribution in [0.3, 0.4) is 0 Å². The quantitative estimate of drug-likeness (QED) is 0.426. The molecule has 5 rings (SSSR count). The van der Waals surface area contributed by atoms with Gasteiger partial charge in [-0.05, 0) is 25.8 Å². The molecule has 0 radical (unpaired) electrons. The van der Waals surface area contributed by atoms with Gasteiger partial charge in [0, 0.05) is 60.1 Å². The molecule has 31 heavy (non-hydrogen) atoms. The zero-order valence-corrected chi connectivity index (χ0v) is 17.0. The van der Waals surface area contributed by atoms with Crippen molar-refractivity contribution in [3.05, 3.63) is 59.8 Å². The summed E-state index contributed by atoms with van der Waals surface area (Å²) in [4.78, 5) is 6.61. The second-order valence-corrected chi connectivity index (χ2v) is 8.64. The number of nitrogens with one attached hydrogen (secondary N) is 2. The number of H-pyrrole nitrogens is 1. The van der Waals surface area contributed by atoms with Crippen molar-refractivity contribution >= 4 is 22.5 Å². The number of fused-ring (bicyclic) bond motifs is 3. The van der Waals surface area contributed by atoms with Crippen LogP contribution in [0.25, 0.3) is 16.7 Å². The van der Waals surface area contributed by atoms with Crippen molar-refractivity contribution in [2.45, 2.75) is 50.0 Å². The SMILES string of the molecule is CC1(c2c[nH]n3c2nc2cc(F)cc(C(=N)N)c23)C=CN(C2CCC(F)(F)CC2)C=C1. The largest absolute Gasteiger partial charge is 0.384 e. The van der Waals surface area contributed by atoms with Crippen LogP contribution < -0.4 is 5.73 Å². The van der Waals surface area contributed by atoms with Crippen LogP contribution in [0.15, 0.2) is 42.9 Å². The number of aromatic amines is 1. The molecule has 0 atom stereocenters. The van der Waals surface area contributed by atoms with Crippen molar-refractivity contribution in [1.82, 2.24) is 19.5 Å². The van der Waals surface area contributed by atoms with E-state index in [9.17, 15) is 13.2 Å². The van der Waals surface area contributed by atoms with Crippen LogP contribution in [0.5, 0.6) is 0 Å². The Balaban J connectivity index is 1.50. The van der Waals surface area contributed by atoms with Crippen LogP contribution in [-0.2, 0) is 5.41 Å². The third kappa shape index (κ3) is 3.19. The minimum absolute atomic E-state index is 0.0676. The molecule has 0 saturated heterocycles. The Bertz CT molecular complexity index is 1230. The Morgan fingerprint density at radius 1 is 1.23 bits per heavy atom. The molecule has 6 nitrogen and oxygen atoms in total. The summed E-state index contributed by atoms with van der Waals surface area (Å²) in [6, 6.07) is 2.62. The number of hydrogen-bond acceptors (Lipinski definition) is 3. The lowest BCUT2D eigenvalue weighted by Gasteiger charge is -2.37. The van der Waals surface area contributed by atoms with Crippen molar-refractivity contribution in [3.63, 3.8) is 0 Å². The molecular formula is C22H23F3N6. The van der Waals surface area contributed by atoms with Gasteiger partial charge in [0.1, 0.15) is 17.2 Å². The summed E-state index contributed by atoms with van der Waals surface area (Å²) >= 11 is 0. The highest BCUT2D eigenvalue weighted by molar-refractivity contribution is 6.06. The first kappa shape index (κ1) is 19.7. The second-order valence-electron chi connectivity index (χ2n) is 8.64.